The summed E-state index contributed by atoms with van der Waals surface area (Å²) in [4.78, 5) is 11.5. The summed E-state index contributed by atoms with van der Waals surface area (Å²) in [5.74, 6) is -1.25. The Bertz CT molecular complexity index is 843. The molecule has 29 heavy (non-hydrogen) atoms. The molecule has 160 valence electrons. The maximum Gasteiger partial charge on any atom is 0.324 e. The van der Waals surface area contributed by atoms with Gasteiger partial charge in [0.2, 0.25) is 10.0 Å². The highest BCUT2D eigenvalue weighted by Crippen LogP contribution is 2.26. The second-order valence-electron chi connectivity index (χ2n) is 6.25. The molecular formula is C21H27F2NO4S. The maximum atomic E-state index is 12.8. The van der Waals surface area contributed by atoms with Gasteiger partial charge in [-0.05, 0) is 49.2 Å². The zero-order valence-corrected chi connectivity index (χ0v) is 17.7. The molecule has 0 N–H and O–H groups in total. The van der Waals surface area contributed by atoms with E-state index < -0.39 is 27.9 Å². The van der Waals surface area contributed by atoms with Crippen molar-refractivity contribution in [2.24, 2.45) is 0 Å². The van der Waals surface area contributed by atoms with E-state index in [1.54, 1.807) is 18.2 Å². The van der Waals surface area contributed by atoms with Crippen LogP contribution in [0.25, 0.3) is 0 Å². The van der Waals surface area contributed by atoms with Crippen LogP contribution in [0.4, 0.5) is 8.78 Å². The third kappa shape index (κ3) is 7.55. The number of carbonyl (C=O) groups excluding carboxylic acids is 1. The number of sulfonamides is 1. The molecule has 0 aromatic heterocycles. The van der Waals surface area contributed by atoms with Crippen LogP contribution in [0, 0.1) is 11.6 Å². The highest BCUT2D eigenvalue weighted by molar-refractivity contribution is 7.89. The van der Waals surface area contributed by atoms with E-state index in [1.165, 1.54) is 37.8 Å². The van der Waals surface area contributed by atoms with E-state index in [2.05, 4.69) is 18.6 Å². The molecular weight excluding hydrogens is 400 g/mol. The lowest BCUT2D eigenvalue weighted by atomic mass is 10.2. The van der Waals surface area contributed by atoms with Crippen LogP contribution in [0.1, 0.15) is 33.1 Å². The van der Waals surface area contributed by atoms with Gasteiger partial charge in [0, 0.05) is 6.54 Å². The number of rotatable bonds is 3. The van der Waals surface area contributed by atoms with Gasteiger partial charge >= 0.3 is 5.97 Å². The first-order chi connectivity index (χ1) is 13.8. The molecule has 1 heterocycles. The largest absolute Gasteiger partial charge is 0.468 e. The van der Waals surface area contributed by atoms with Crippen molar-refractivity contribution in [1.29, 1.82) is 0 Å². The molecule has 0 aliphatic carbocycles. The van der Waals surface area contributed by atoms with Crippen LogP contribution in [0.3, 0.4) is 0 Å². The molecule has 1 aliphatic heterocycles. The summed E-state index contributed by atoms with van der Waals surface area (Å²) >= 11 is 0. The molecule has 3 rings (SSSR count). The van der Waals surface area contributed by atoms with E-state index in [1.807, 2.05) is 0 Å². The number of esters is 1. The van der Waals surface area contributed by atoms with Crippen molar-refractivity contribution in [3.63, 3.8) is 0 Å². The first-order valence-corrected chi connectivity index (χ1v) is 10.8. The fraction of sp³-hybridized carbons (Fsp3) is 0.381. The molecule has 0 spiro atoms. The smallest absolute Gasteiger partial charge is 0.324 e. The zero-order chi connectivity index (χ0) is 21.9. The number of methoxy groups -OCH3 is 1. The van der Waals surface area contributed by atoms with Gasteiger partial charge in [-0.1, -0.05) is 38.5 Å². The molecule has 2 aromatic rings. The van der Waals surface area contributed by atoms with Gasteiger partial charge in [0.15, 0.2) is 0 Å². The number of hydrogen-bond donors (Lipinski definition) is 0. The summed E-state index contributed by atoms with van der Waals surface area (Å²) in [6.07, 6.45) is 2.29. The fourth-order valence-corrected chi connectivity index (χ4v) is 4.20. The second-order valence-corrected chi connectivity index (χ2v) is 8.14. The minimum Gasteiger partial charge on any atom is -0.468 e. The molecule has 0 unspecified atom stereocenters. The van der Waals surface area contributed by atoms with Gasteiger partial charge in [-0.25, -0.2) is 17.2 Å². The molecule has 5 nitrogen and oxygen atoms in total. The van der Waals surface area contributed by atoms with Crippen LogP contribution in [0.15, 0.2) is 59.5 Å². The molecule has 0 radical (unpaired) electrons. The number of halogens is 2. The fourth-order valence-electron chi connectivity index (χ4n) is 2.56. The molecule has 1 atom stereocenters. The molecule has 1 saturated heterocycles. The summed E-state index contributed by atoms with van der Waals surface area (Å²) in [5.41, 5.74) is 0. The second kappa shape index (κ2) is 12.3. The summed E-state index contributed by atoms with van der Waals surface area (Å²) in [5, 5.41) is 0. The molecule has 0 bridgehead atoms. The first-order valence-electron chi connectivity index (χ1n) is 9.33. The monoisotopic (exact) mass is 427 g/mol. The van der Waals surface area contributed by atoms with E-state index in [-0.39, 0.29) is 17.3 Å². The van der Waals surface area contributed by atoms with Crippen molar-refractivity contribution in [3.05, 3.63) is 66.2 Å². The van der Waals surface area contributed by atoms with Crippen molar-refractivity contribution in [1.82, 2.24) is 4.31 Å². The van der Waals surface area contributed by atoms with Gasteiger partial charge in [-0.15, -0.1) is 0 Å². The van der Waals surface area contributed by atoms with E-state index in [9.17, 15) is 22.0 Å². The Morgan fingerprint density at radius 3 is 2.00 bits per heavy atom. The lowest BCUT2D eigenvalue weighted by Crippen LogP contribution is -2.41. The van der Waals surface area contributed by atoms with Crippen molar-refractivity contribution in [3.8, 4) is 0 Å². The van der Waals surface area contributed by atoms with Gasteiger partial charge in [-0.3, -0.25) is 4.79 Å². The Hall–Kier alpha value is -2.32. The van der Waals surface area contributed by atoms with Crippen LogP contribution in [-0.4, -0.2) is 38.4 Å². The van der Waals surface area contributed by atoms with Gasteiger partial charge in [0.1, 0.15) is 17.7 Å². The van der Waals surface area contributed by atoms with E-state index in [0.717, 1.165) is 16.4 Å². The predicted octanol–water partition coefficient (Wildman–Crippen LogP) is 4.39. The van der Waals surface area contributed by atoms with Gasteiger partial charge < -0.3 is 4.74 Å². The number of hydrogen-bond acceptors (Lipinski definition) is 4. The normalized spacial score (nSPS) is 16.1. The molecule has 1 fully saturated rings. The average molecular weight is 428 g/mol. The molecule has 0 amide bonds. The van der Waals surface area contributed by atoms with Crippen LogP contribution in [0.2, 0.25) is 0 Å². The zero-order valence-electron chi connectivity index (χ0n) is 16.8. The lowest BCUT2D eigenvalue weighted by molar-refractivity contribution is -0.144. The summed E-state index contributed by atoms with van der Waals surface area (Å²) in [7, 11) is -2.57. The van der Waals surface area contributed by atoms with Crippen LogP contribution >= 0.6 is 0 Å². The minimum absolute atomic E-state index is 0.0234. The average Bonchev–Trinajstić information content (AvgIpc) is 3.20. The van der Waals surface area contributed by atoms with E-state index in [4.69, 9.17) is 0 Å². The predicted molar refractivity (Wildman–Crippen MR) is 108 cm³/mol. The third-order valence-corrected chi connectivity index (χ3v) is 5.75. The molecule has 2 aromatic carbocycles. The minimum atomic E-state index is -3.79. The molecule has 8 heteroatoms. The topological polar surface area (TPSA) is 63.7 Å². The summed E-state index contributed by atoms with van der Waals surface area (Å²) < 4.78 is 55.2. The molecule has 0 saturated carbocycles. The van der Waals surface area contributed by atoms with Crippen molar-refractivity contribution in [2.75, 3.05) is 13.7 Å². The van der Waals surface area contributed by atoms with Crippen molar-refractivity contribution < 1.29 is 26.7 Å². The maximum absolute atomic E-state index is 12.8. The van der Waals surface area contributed by atoms with E-state index in [0.29, 0.717) is 12.8 Å². The van der Waals surface area contributed by atoms with Crippen molar-refractivity contribution in [2.45, 2.75) is 44.0 Å². The van der Waals surface area contributed by atoms with Crippen LogP contribution < -0.4 is 0 Å². The number of ether oxygens (including phenoxy) is 1. The van der Waals surface area contributed by atoms with Crippen molar-refractivity contribution >= 4 is 16.0 Å². The quantitative estimate of drug-likeness (QED) is 0.682. The van der Waals surface area contributed by atoms with Gasteiger partial charge in [-0.2, -0.15) is 4.31 Å². The third-order valence-electron chi connectivity index (χ3n) is 3.83. The number of carbonyl (C=O) groups is 1. The SMILES string of the molecule is CCC.COC(=O)[C@@H]1CCCN1S(=O)(=O)c1ccc(F)cc1.Fc1ccccc1. The Balaban J connectivity index is 0.000000347. The molecule has 1 aliphatic rings. The summed E-state index contributed by atoms with van der Waals surface area (Å²) in [6.45, 7) is 4.51. The van der Waals surface area contributed by atoms with Crippen LogP contribution in [0.5, 0.6) is 0 Å². The highest BCUT2D eigenvalue weighted by Gasteiger charge is 2.40. The lowest BCUT2D eigenvalue weighted by Gasteiger charge is -2.22. The first kappa shape index (κ1) is 24.7. The highest BCUT2D eigenvalue weighted by atomic mass is 32.2. The number of benzene rings is 2. The number of nitrogens with zero attached hydrogens (tertiary/aromatic N) is 1. The Morgan fingerprint density at radius 2 is 1.55 bits per heavy atom. The van der Waals surface area contributed by atoms with E-state index >= 15 is 0 Å². The standard InChI is InChI=1S/C12H14FNO4S.C6H5F.C3H8/c1-18-12(15)11-3-2-8-14(11)19(16,17)10-6-4-9(13)5-7-10;7-6-4-2-1-3-5-6;1-3-2/h4-7,11H,2-3,8H2,1H3;1-5H;3H2,1-2H3/t11-;;/m0../s1. The van der Waals surface area contributed by atoms with Gasteiger partial charge in [0.25, 0.3) is 0 Å². The Labute approximate surface area is 171 Å². The van der Waals surface area contributed by atoms with Crippen LogP contribution in [-0.2, 0) is 19.6 Å². The summed E-state index contributed by atoms with van der Waals surface area (Å²) in [6, 6.07) is 11.7. The Kier molecular flexibility index (Phi) is 10.5. The van der Waals surface area contributed by atoms with Gasteiger partial charge in [0.05, 0.1) is 12.0 Å². The Morgan fingerprint density at radius 1 is 1.03 bits per heavy atom.